The van der Waals surface area contributed by atoms with Crippen LogP contribution in [0.15, 0.2) is 22.8 Å². The molecule has 1 aromatic heterocycles. The standard InChI is InChI=1S/C19H29N3O4/c1-4-5-6-9-20-17(24)19(2,3)18(25)22-12-10-21(11-13-22)16(23)15-8-7-14-26-15/h7-8,14H,4-6,9-13H2,1-3H3,(H,20,24). The Balaban J connectivity index is 1.86. The normalized spacial score (nSPS) is 15.0. The summed E-state index contributed by atoms with van der Waals surface area (Å²) < 4.78 is 5.14. The molecule has 0 atom stereocenters. The number of rotatable bonds is 7. The molecule has 7 heteroatoms. The van der Waals surface area contributed by atoms with Gasteiger partial charge in [-0.3, -0.25) is 14.4 Å². The van der Waals surface area contributed by atoms with Gasteiger partial charge in [0.25, 0.3) is 5.91 Å². The average molecular weight is 363 g/mol. The molecule has 3 amide bonds. The van der Waals surface area contributed by atoms with E-state index in [-0.39, 0.29) is 17.7 Å². The summed E-state index contributed by atoms with van der Waals surface area (Å²) in [7, 11) is 0. The van der Waals surface area contributed by atoms with Gasteiger partial charge in [0.1, 0.15) is 5.41 Å². The van der Waals surface area contributed by atoms with Crippen LogP contribution in [0.1, 0.15) is 50.6 Å². The van der Waals surface area contributed by atoms with E-state index in [0.29, 0.717) is 38.5 Å². The molecule has 144 valence electrons. The number of carbonyl (C=O) groups excluding carboxylic acids is 3. The third-order valence-electron chi connectivity index (χ3n) is 4.75. The van der Waals surface area contributed by atoms with Crippen molar-refractivity contribution in [3.63, 3.8) is 0 Å². The van der Waals surface area contributed by atoms with E-state index in [4.69, 9.17) is 4.42 Å². The van der Waals surface area contributed by atoms with Crippen molar-refractivity contribution in [3.05, 3.63) is 24.2 Å². The van der Waals surface area contributed by atoms with Crippen LogP contribution in [0.3, 0.4) is 0 Å². The van der Waals surface area contributed by atoms with Crippen molar-refractivity contribution >= 4 is 17.7 Å². The largest absolute Gasteiger partial charge is 0.459 e. The number of hydrogen-bond donors (Lipinski definition) is 1. The molecule has 1 fully saturated rings. The van der Waals surface area contributed by atoms with Gasteiger partial charge in [-0.05, 0) is 32.4 Å². The smallest absolute Gasteiger partial charge is 0.289 e. The lowest BCUT2D eigenvalue weighted by molar-refractivity contribution is -0.149. The minimum atomic E-state index is -1.11. The van der Waals surface area contributed by atoms with Crippen LogP contribution in [0.25, 0.3) is 0 Å². The summed E-state index contributed by atoms with van der Waals surface area (Å²) in [4.78, 5) is 40.8. The van der Waals surface area contributed by atoms with Crippen LogP contribution in [0, 0.1) is 5.41 Å². The Morgan fingerprint density at radius 2 is 1.77 bits per heavy atom. The summed E-state index contributed by atoms with van der Waals surface area (Å²) in [6.45, 7) is 7.70. The van der Waals surface area contributed by atoms with Gasteiger partial charge in [0, 0.05) is 32.7 Å². The third kappa shape index (κ3) is 4.65. The van der Waals surface area contributed by atoms with Crippen LogP contribution < -0.4 is 5.32 Å². The molecule has 1 aliphatic heterocycles. The number of amides is 3. The topological polar surface area (TPSA) is 82.9 Å². The molecule has 1 aromatic rings. The van der Waals surface area contributed by atoms with Crippen LogP contribution in [0.5, 0.6) is 0 Å². The van der Waals surface area contributed by atoms with Crippen LogP contribution in [0.4, 0.5) is 0 Å². The summed E-state index contributed by atoms with van der Waals surface area (Å²) in [5.41, 5.74) is -1.11. The zero-order chi connectivity index (χ0) is 19.2. The molecule has 1 aliphatic rings. The van der Waals surface area contributed by atoms with Crippen LogP contribution in [-0.2, 0) is 9.59 Å². The van der Waals surface area contributed by atoms with E-state index in [0.717, 1.165) is 19.3 Å². The molecular formula is C19H29N3O4. The van der Waals surface area contributed by atoms with Crippen molar-refractivity contribution in [2.45, 2.75) is 40.0 Å². The molecule has 26 heavy (non-hydrogen) atoms. The van der Waals surface area contributed by atoms with Crippen LogP contribution >= 0.6 is 0 Å². The van der Waals surface area contributed by atoms with Crippen molar-refractivity contribution in [3.8, 4) is 0 Å². The number of furan rings is 1. The Bertz CT molecular complexity index is 617. The number of nitrogens with one attached hydrogen (secondary N) is 1. The summed E-state index contributed by atoms with van der Waals surface area (Å²) in [6.07, 6.45) is 4.52. The number of piperazine rings is 1. The molecular weight excluding hydrogens is 334 g/mol. The van der Waals surface area contributed by atoms with Gasteiger partial charge < -0.3 is 19.5 Å². The Hall–Kier alpha value is -2.31. The molecule has 0 radical (unpaired) electrons. The van der Waals surface area contributed by atoms with Crippen LogP contribution in [-0.4, -0.2) is 60.2 Å². The maximum atomic E-state index is 12.8. The molecule has 0 aliphatic carbocycles. The van der Waals surface area contributed by atoms with Gasteiger partial charge in [0.2, 0.25) is 11.8 Å². The number of hydrogen-bond acceptors (Lipinski definition) is 4. The Labute approximate surface area is 154 Å². The van der Waals surface area contributed by atoms with Gasteiger partial charge in [-0.1, -0.05) is 19.8 Å². The Morgan fingerprint density at radius 3 is 2.35 bits per heavy atom. The van der Waals surface area contributed by atoms with E-state index >= 15 is 0 Å². The highest BCUT2D eigenvalue weighted by Crippen LogP contribution is 2.21. The van der Waals surface area contributed by atoms with E-state index in [1.165, 1.54) is 6.26 Å². The van der Waals surface area contributed by atoms with Crippen molar-refractivity contribution < 1.29 is 18.8 Å². The maximum absolute atomic E-state index is 12.8. The highest BCUT2D eigenvalue weighted by atomic mass is 16.3. The molecule has 0 aromatic carbocycles. The first-order valence-electron chi connectivity index (χ1n) is 9.28. The predicted octanol–water partition coefficient (Wildman–Crippen LogP) is 1.90. The fourth-order valence-corrected chi connectivity index (χ4v) is 2.96. The first kappa shape index (κ1) is 20.0. The SMILES string of the molecule is CCCCCNC(=O)C(C)(C)C(=O)N1CCN(C(=O)c2ccco2)CC1. The fraction of sp³-hybridized carbons (Fsp3) is 0.632. The van der Waals surface area contributed by atoms with Gasteiger partial charge in [0.05, 0.1) is 6.26 Å². The van der Waals surface area contributed by atoms with E-state index < -0.39 is 5.41 Å². The lowest BCUT2D eigenvalue weighted by Crippen LogP contribution is -2.56. The van der Waals surface area contributed by atoms with Gasteiger partial charge in [-0.2, -0.15) is 0 Å². The minimum Gasteiger partial charge on any atom is -0.459 e. The highest BCUT2D eigenvalue weighted by Gasteiger charge is 2.40. The second kappa shape index (κ2) is 8.87. The Morgan fingerprint density at radius 1 is 1.12 bits per heavy atom. The van der Waals surface area contributed by atoms with Crippen LogP contribution in [0.2, 0.25) is 0 Å². The molecule has 2 rings (SSSR count). The average Bonchev–Trinajstić information content (AvgIpc) is 3.18. The molecule has 0 unspecified atom stereocenters. The number of unbranched alkanes of at least 4 members (excludes halogenated alkanes) is 2. The number of carbonyl (C=O) groups is 3. The number of nitrogens with zero attached hydrogens (tertiary/aromatic N) is 2. The fourth-order valence-electron chi connectivity index (χ4n) is 2.96. The van der Waals surface area contributed by atoms with Crippen molar-refractivity contribution in [1.82, 2.24) is 15.1 Å². The molecule has 2 heterocycles. The van der Waals surface area contributed by atoms with Crippen molar-refractivity contribution in [1.29, 1.82) is 0 Å². The van der Waals surface area contributed by atoms with E-state index in [1.807, 2.05) is 0 Å². The monoisotopic (exact) mass is 363 g/mol. The second-order valence-electron chi connectivity index (χ2n) is 7.15. The second-order valence-corrected chi connectivity index (χ2v) is 7.15. The van der Waals surface area contributed by atoms with Gasteiger partial charge in [-0.15, -0.1) is 0 Å². The van der Waals surface area contributed by atoms with Gasteiger partial charge in [0.15, 0.2) is 5.76 Å². The molecule has 7 nitrogen and oxygen atoms in total. The predicted molar refractivity (Wildman–Crippen MR) is 97.5 cm³/mol. The Kier molecular flexibility index (Phi) is 6.83. The highest BCUT2D eigenvalue weighted by molar-refractivity contribution is 6.04. The van der Waals surface area contributed by atoms with Gasteiger partial charge >= 0.3 is 0 Å². The summed E-state index contributed by atoms with van der Waals surface area (Å²) >= 11 is 0. The van der Waals surface area contributed by atoms with E-state index in [1.54, 1.807) is 35.8 Å². The molecule has 1 saturated heterocycles. The summed E-state index contributed by atoms with van der Waals surface area (Å²) in [5, 5.41) is 2.86. The summed E-state index contributed by atoms with van der Waals surface area (Å²) in [5.74, 6) is -0.310. The molecule has 1 N–H and O–H groups in total. The van der Waals surface area contributed by atoms with Crippen molar-refractivity contribution in [2.24, 2.45) is 5.41 Å². The third-order valence-corrected chi connectivity index (χ3v) is 4.75. The molecule has 0 saturated carbocycles. The zero-order valence-electron chi connectivity index (χ0n) is 15.9. The van der Waals surface area contributed by atoms with E-state index in [9.17, 15) is 14.4 Å². The van der Waals surface area contributed by atoms with E-state index in [2.05, 4.69) is 12.2 Å². The quantitative estimate of drug-likeness (QED) is 0.592. The first-order chi connectivity index (χ1) is 12.4. The summed E-state index contributed by atoms with van der Waals surface area (Å²) in [6, 6.07) is 3.31. The molecule has 0 bridgehead atoms. The minimum absolute atomic E-state index is 0.171. The first-order valence-corrected chi connectivity index (χ1v) is 9.28. The van der Waals surface area contributed by atoms with Crippen molar-refractivity contribution in [2.75, 3.05) is 32.7 Å². The van der Waals surface area contributed by atoms with Gasteiger partial charge in [-0.25, -0.2) is 0 Å². The maximum Gasteiger partial charge on any atom is 0.289 e. The zero-order valence-corrected chi connectivity index (χ0v) is 15.9. The lowest BCUT2D eigenvalue weighted by atomic mass is 9.90. The molecule has 0 spiro atoms. The lowest BCUT2D eigenvalue weighted by Gasteiger charge is -2.37.